The van der Waals surface area contributed by atoms with Crippen LogP contribution in [0.15, 0.2) is 54.6 Å². The van der Waals surface area contributed by atoms with Crippen molar-refractivity contribution in [2.24, 2.45) is 0 Å². The van der Waals surface area contributed by atoms with E-state index >= 15 is 0 Å². The summed E-state index contributed by atoms with van der Waals surface area (Å²) in [6, 6.07) is 19.2. The van der Waals surface area contributed by atoms with Gasteiger partial charge < -0.3 is 14.7 Å². The second kappa shape index (κ2) is 7.96. The average Bonchev–Trinajstić information content (AvgIpc) is 2.64. The van der Waals surface area contributed by atoms with Crippen molar-refractivity contribution in [2.45, 2.75) is 25.0 Å². The molecule has 3 rings (SSSR count). The lowest BCUT2D eigenvalue weighted by atomic mass is 10.0. The Bertz CT molecular complexity index is 688. The Balaban J connectivity index is 1.48. The van der Waals surface area contributed by atoms with Crippen molar-refractivity contribution in [2.75, 3.05) is 19.6 Å². The number of likely N-dealkylation sites (tertiary alicyclic amines) is 1. The van der Waals surface area contributed by atoms with Crippen LogP contribution in [0.25, 0.3) is 0 Å². The maximum absolute atomic E-state index is 10.3. The molecule has 1 saturated heterocycles. The summed E-state index contributed by atoms with van der Waals surface area (Å²) in [6.07, 6.45) is 1.58. The molecule has 0 aliphatic carbocycles. The smallest absolute Gasteiger partial charge is 0.121 e. The highest BCUT2D eigenvalue weighted by Crippen LogP contribution is 2.22. The molecule has 1 atom stereocenters. The quantitative estimate of drug-likeness (QED) is 0.919. The van der Waals surface area contributed by atoms with Crippen LogP contribution in [0.3, 0.4) is 0 Å². The molecule has 0 aromatic heterocycles. The van der Waals surface area contributed by atoms with Crippen molar-refractivity contribution in [3.8, 4) is 11.8 Å². The second-order valence-corrected chi connectivity index (χ2v) is 6.18. The predicted octanol–water partition coefficient (Wildman–Crippen LogP) is 3.14. The zero-order valence-electron chi connectivity index (χ0n) is 13.6. The van der Waals surface area contributed by atoms with Gasteiger partial charge in [-0.3, -0.25) is 0 Å². The van der Waals surface area contributed by atoms with Gasteiger partial charge in [0.1, 0.15) is 11.9 Å². The molecule has 0 saturated carbocycles. The van der Waals surface area contributed by atoms with Crippen molar-refractivity contribution in [3.05, 3.63) is 65.7 Å². The highest BCUT2D eigenvalue weighted by Gasteiger charge is 2.22. The molecule has 24 heavy (non-hydrogen) atoms. The Morgan fingerprint density at radius 2 is 1.88 bits per heavy atom. The average molecular weight is 322 g/mol. The first-order valence-electron chi connectivity index (χ1n) is 8.37. The summed E-state index contributed by atoms with van der Waals surface area (Å²) in [5.41, 5.74) is 1.58. The van der Waals surface area contributed by atoms with Crippen molar-refractivity contribution in [3.63, 3.8) is 0 Å². The van der Waals surface area contributed by atoms with E-state index in [1.54, 1.807) is 12.1 Å². The van der Waals surface area contributed by atoms with Crippen LogP contribution < -0.4 is 4.74 Å². The molecular weight excluding hydrogens is 300 g/mol. The normalized spacial score (nSPS) is 17.2. The van der Waals surface area contributed by atoms with E-state index in [1.807, 2.05) is 42.5 Å². The van der Waals surface area contributed by atoms with Gasteiger partial charge in [0.05, 0.1) is 17.7 Å². The molecule has 2 aromatic carbocycles. The Kier molecular flexibility index (Phi) is 5.47. The number of benzene rings is 2. The summed E-state index contributed by atoms with van der Waals surface area (Å²) < 4.78 is 6.00. The van der Waals surface area contributed by atoms with Gasteiger partial charge in [0.25, 0.3) is 0 Å². The van der Waals surface area contributed by atoms with Gasteiger partial charge in [0, 0.05) is 19.6 Å². The summed E-state index contributed by atoms with van der Waals surface area (Å²) in [5, 5.41) is 19.3. The topological polar surface area (TPSA) is 56.5 Å². The van der Waals surface area contributed by atoms with Crippen LogP contribution in [0.1, 0.15) is 30.1 Å². The van der Waals surface area contributed by atoms with Gasteiger partial charge in [-0.05, 0) is 36.6 Å². The van der Waals surface area contributed by atoms with Gasteiger partial charge in [-0.15, -0.1) is 0 Å². The molecule has 4 nitrogen and oxygen atoms in total. The Morgan fingerprint density at radius 1 is 1.12 bits per heavy atom. The van der Waals surface area contributed by atoms with Crippen LogP contribution in [0.5, 0.6) is 5.75 Å². The van der Waals surface area contributed by atoms with Gasteiger partial charge in [-0.2, -0.15) is 5.26 Å². The zero-order chi connectivity index (χ0) is 16.8. The molecule has 124 valence electrons. The minimum absolute atomic E-state index is 0.170. The first-order valence-corrected chi connectivity index (χ1v) is 8.37. The molecule has 1 fully saturated rings. The summed E-state index contributed by atoms with van der Waals surface area (Å²) in [6.45, 7) is 2.47. The molecule has 0 bridgehead atoms. The number of β-amino-alcohol motifs (C(OH)–C–C–N with tert-alkyl or cyclic N) is 1. The molecule has 1 heterocycles. The predicted molar refractivity (Wildman–Crippen MR) is 92.6 cm³/mol. The van der Waals surface area contributed by atoms with E-state index in [4.69, 9.17) is 10.00 Å². The number of nitrogens with zero attached hydrogens (tertiary/aromatic N) is 2. The maximum atomic E-state index is 10.3. The number of aliphatic hydroxyl groups excluding tert-OH is 1. The SMILES string of the molecule is N#Cc1cccc(OC2CCN(CC(O)c3ccccc3)CC2)c1. The van der Waals surface area contributed by atoms with Crippen LogP contribution in [-0.2, 0) is 0 Å². The van der Waals surface area contributed by atoms with E-state index in [-0.39, 0.29) is 6.10 Å². The van der Waals surface area contributed by atoms with Gasteiger partial charge in [0.15, 0.2) is 0 Å². The van der Waals surface area contributed by atoms with Crippen molar-refractivity contribution in [1.29, 1.82) is 5.26 Å². The molecule has 1 N–H and O–H groups in total. The number of hydrogen-bond acceptors (Lipinski definition) is 4. The number of hydrogen-bond donors (Lipinski definition) is 1. The summed E-state index contributed by atoms with van der Waals surface area (Å²) in [7, 11) is 0. The fourth-order valence-electron chi connectivity index (χ4n) is 3.07. The molecule has 2 aromatic rings. The van der Waals surface area contributed by atoms with E-state index in [1.165, 1.54) is 0 Å². The van der Waals surface area contributed by atoms with Gasteiger partial charge >= 0.3 is 0 Å². The van der Waals surface area contributed by atoms with Crippen LogP contribution in [0, 0.1) is 11.3 Å². The molecule has 1 unspecified atom stereocenters. The molecule has 4 heteroatoms. The molecule has 1 aliphatic heterocycles. The Labute approximate surface area is 142 Å². The third-order valence-corrected chi connectivity index (χ3v) is 4.42. The molecule has 0 radical (unpaired) electrons. The van der Waals surface area contributed by atoms with Gasteiger partial charge in [-0.1, -0.05) is 36.4 Å². The number of rotatable bonds is 5. The zero-order valence-corrected chi connectivity index (χ0v) is 13.6. The van der Waals surface area contributed by atoms with E-state index < -0.39 is 6.10 Å². The third-order valence-electron chi connectivity index (χ3n) is 4.42. The lowest BCUT2D eigenvalue weighted by molar-refractivity contribution is 0.0610. The Hall–Kier alpha value is -2.35. The van der Waals surface area contributed by atoms with Crippen molar-refractivity contribution in [1.82, 2.24) is 4.90 Å². The lowest BCUT2D eigenvalue weighted by Crippen LogP contribution is -2.40. The number of piperidine rings is 1. The van der Waals surface area contributed by atoms with E-state index in [0.717, 1.165) is 37.2 Å². The van der Waals surface area contributed by atoms with Gasteiger partial charge in [-0.25, -0.2) is 0 Å². The lowest BCUT2D eigenvalue weighted by Gasteiger charge is -2.33. The molecular formula is C20H22N2O2. The highest BCUT2D eigenvalue weighted by atomic mass is 16.5. The first-order chi connectivity index (χ1) is 11.7. The molecule has 0 spiro atoms. The number of aliphatic hydroxyl groups is 1. The second-order valence-electron chi connectivity index (χ2n) is 6.18. The van der Waals surface area contributed by atoms with E-state index in [2.05, 4.69) is 11.0 Å². The molecule has 0 amide bonds. The summed E-state index contributed by atoms with van der Waals surface area (Å²) in [4.78, 5) is 2.28. The Morgan fingerprint density at radius 3 is 2.58 bits per heavy atom. The van der Waals surface area contributed by atoms with Crippen LogP contribution in [0.2, 0.25) is 0 Å². The van der Waals surface area contributed by atoms with Crippen LogP contribution >= 0.6 is 0 Å². The first kappa shape index (κ1) is 16.5. The maximum Gasteiger partial charge on any atom is 0.121 e. The fourth-order valence-corrected chi connectivity index (χ4v) is 3.07. The van der Waals surface area contributed by atoms with E-state index in [0.29, 0.717) is 12.1 Å². The van der Waals surface area contributed by atoms with Crippen LogP contribution in [-0.4, -0.2) is 35.7 Å². The fraction of sp³-hybridized carbons (Fsp3) is 0.350. The van der Waals surface area contributed by atoms with Crippen LogP contribution in [0.4, 0.5) is 0 Å². The summed E-state index contributed by atoms with van der Waals surface area (Å²) >= 11 is 0. The third kappa shape index (κ3) is 4.35. The highest BCUT2D eigenvalue weighted by molar-refractivity contribution is 5.36. The molecule has 1 aliphatic rings. The largest absolute Gasteiger partial charge is 0.490 e. The van der Waals surface area contributed by atoms with Crippen molar-refractivity contribution < 1.29 is 9.84 Å². The minimum atomic E-state index is -0.448. The number of nitriles is 1. The monoisotopic (exact) mass is 322 g/mol. The minimum Gasteiger partial charge on any atom is -0.490 e. The van der Waals surface area contributed by atoms with Crippen molar-refractivity contribution >= 4 is 0 Å². The van der Waals surface area contributed by atoms with E-state index in [9.17, 15) is 5.11 Å². The van der Waals surface area contributed by atoms with Gasteiger partial charge in [0.2, 0.25) is 0 Å². The summed E-state index contributed by atoms with van der Waals surface area (Å²) in [5.74, 6) is 0.761. The standard InChI is InChI=1S/C20H22N2O2/c21-14-16-5-4-8-19(13-16)24-18-9-11-22(12-10-18)15-20(23)17-6-2-1-3-7-17/h1-8,13,18,20,23H,9-12,15H2. The number of ether oxygens (including phenoxy) is 1.